The van der Waals surface area contributed by atoms with E-state index >= 15 is 0 Å². The fourth-order valence-corrected chi connectivity index (χ4v) is 3.53. The Morgan fingerprint density at radius 2 is 1.89 bits per heavy atom. The highest BCUT2D eigenvalue weighted by Crippen LogP contribution is 2.36. The number of halogens is 4. The molecule has 1 aromatic heterocycles. The Hall–Kier alpha value is -2.57. The summed E-state index contributed by atoms with van der Waals surface area (Å²) in [5.41, 5.74) is 0.274. The van der Waals surface area contributed by atoms with Gasteiger partial charge < -0.3 is 5.11 Å². The molecule has 2 aromatic carbocycles. The van der Waals surface area contributed by atoms with Crippen LogP contribution < -0.4 is 4.57 Å². The Labute approximate surface area is 163 Å². The smallest absolute Gasteiger partial charge is 0.327 e. The molecule has 0 saturated heterocycles. The molecule has 136 valence electrons. The molecule has 1 N–H and O–H groups in total. The largest absolute Gasteiger partial charge is 0.505 e. The van der Waals surface area contributed by atoms with Crippen LogP contribution in [0.1, 0.15) is 29.9 Å². The van der Waals surface area contributed by atoms with Crippen molar-refractivity contribution in [3.8, 4) is 11.4 Å². The molecule has 0 fully saturated rings. The van der Waals surface area contributed by atoms with Crippen molar-refractivity contribution in [2.24, 2.45) is 4.99 Å². The summed E-state index contributed by atoms with van der Waals surface area (Å²) in [7, 11) is 0. The van der Waals surface area contributed by atoms with Crippen LogP contribution in [-0.2, 0) is 0 Å². The zero-order chi connectivity index (χ0) is 19.3. The Bertz CT molecular complexity index is 1120. The zero-order valence-corrected chi connectivity index (χ0v) is 15.4. The second-order valence-electron chi connectivity index (χ2n) is 6.01. The van der Waals surface area contributed by atoms with Crippen LogP contribution in [0.25, 0.3) is 5.69 Å². The molecule has 0 saturated carbocycles. The fourth-order valence-electron chi connectivity index (χ4n) is 3.13. The van der Waals surface area contributed by atoms with Gasteiger partial charge >= 0.3 is 5.82 Å². The van der Waals surface area contributed by atoms with E-state index in [-0.39, 0.29) is 21.3 Å². The SMILES string of the molecule is C[C@@H]1N=C(c2c(F)ccc(O)c2F)c2c(ccc(Cl)c2Cl)-[n+]2cccnc21. The van der Waals surface area contributed by atoms with Crippen molar-refractivity contribution >= 4 is 28.9 Å². The summed E-state index contributed by atoms with van der Waals surface area (Å²) in [5, 5.41) is 10.1. The van der Waals surface area contributed by atoms with Crippen molar-refractivity contribution < 1.29 is 18.5 Å². The maximum atomic E-state index is 14.7. The number of hydrogen-bond donors (Lipinski definition) is 1. The summed E-state index contributed by atoms with van der Waals surface area (Å²) in [5.74, 6) is -2.11. The maximum absolute atomic E-state index is 14.7. The second-order valence-corrected chi connectivity index (χ2v) is 6.80. The third-order valence-electron chi connectivity index (χ3n) is 4.35. The van der Waals surface area contributed by atoms with Crippen LogP contribution in [0, 0.1) is 11.6 Å². The molecule has 1 aliphatic rings. The lowest BCUT2D eigenvalue weighted by Crippen LogP contribution is -2.37. The molecule has 0 aliphatic carbocycles. The van der Waals surface area contributed by atoms with Crippen molar-refractivity contribution in [3.05, 3.63) is 81.4 Å². The molecule has 4 rings (SSSR count). The first-order valence-corrected chi connectivity index (χ1v) is 8.76. The average molecular weight is 407 g/mol. The van der Waals surface area contributed by atoms with Crippen LogP contribution in [0.4, 0.5) is 8.78 Å². The molecule has 1 atom stereocenters. The second kappa shape index (κ2) is 6.55. The maximum Gasteiger partial charge on any atom is 0.327 e. The number of rotatable bonds is 1. The lowest BCUT2D eigenvalue weighted by molar-refractivity contribution is -0.609. The lowest BCUT2D eigenvalue weighted by atomic mass is 9.98. The predicted molar refractivity (Wildman–Crippen MR) is 97.9 cm³/mol. The Morgan fingerprint density at radius 1 is 1.11 bits per heavy atom. The van der Waals surface area contributed by atoms with Gasteiger partial charge in [0.1, 0.15) is 23.9 Å². The van der Waals surface area contributed by atoms with E-state index < -0.39 is 29.0 Å². The molecule has 0 bridgehead atoms. The van der Waals surface area contributed by atoms with Gasteiger partial charge in [0, 0.05) is 6.07 Å². The highest BCUT2D eigenvalue weighted by atomic mass is 35.5. The number of aromatic nitrogens is 2. The van der Waals surface area contributed by atoms with Gasteiger partial charge in [-0.2, -0.15) is 4.57 Å². The van der Waals surface area contributed by atoms with Crippen LogP contribution in [0.2, 0.25) is 10.0 Å². The standard InChI is InChI=1S/C19H11Cl2F2N3O/c1-9-19-24-7-2-8-26(19)12-5-3-10(20)16(21)15(12)18(25-9)14-11(22)4-6-13(27)17(14)23/h2-9H,1H3/p+1/t9-/m0/s1. The molecule has 8 heteroatoms. The Kier molecular flexibility index (Phi) is 4.32. The van der Waals surface area contributed by atoms with Gasteiger partial charge in [0.25, 0.3) is 0 Å². The number of fused-ring (bicyclic) bond motifs is 3. The van der Waals surface area contributed by atoms with Crippen molar-refractivity contribution in [1.29, 1.82) is 0 Å². The summed E-state index contributed by atoms with van der Waals surface area (Å²) < 4.78 is 31.0. The van der Waals surface area contributed by atoms with Gasteiger partial charge in [-0.25, -0.2) is 8.78 Å². The summed E-state index contributed by atoms with van der Waals surface area (Å²) in [6.45, 7) is 1.75. The minimum atomic E-state index is -1.12. The number of hydrogen-bond acceptors (Lipinski definition) is 3. The first-order chi connectivity index (χ1) is 12.9. The number of phenolic OH excluding ortho intramolecular Hbond substituents is 1. The Morgan fingerprint density at radius 3 is 2.67 bits per heavy atom. The van der Waals surface area contributed by atoms with E-state index in [1.807, 2.05) is 0 Å². The summed E-state index contributed by atoms with van der Waals surface area (Å²) >= 11 is 12.6. The molecule has 0 spiro atoms. The van der Waals surface area contributed by atoms with Crippen LogP contribution in [0.3, 0.4) is 0 Å². The topological polar surface area (TPSA) is 49.4 Å². The molecule has 0 amide bonds. The first-order valence-electron chi connectivity index (χ1n) is 8.00. The third kappa shape index (κ3) is 2.76. The molecule has 2 heterocycles. The van der Waals surface area contributed by atoms with E-state index in [4.69, 9.17) is 23.2 Å². The molecule has 4 nitrogen and oxygen atoms in total. The van der Waals surface area contributed by atoms with Gasteiger partial charge in [-0.05, 0) is 31.2 Å². The van der Waals surface area contributed by atoms with E-state index in [1.165, 1.54) is 0 Å². The van der Waals surface area contributed by atoms with E-state index in [0.717, 1.165) is 12.1 Å². The lowest BCUT2D eigenvalue weighted by Gasteiger charge is -2.13. The minimum Gasteiger partial charge on any atom is -0.505 e. The van der Waals surface area contributed by atoms with Crippen molar-refractivity contribution in [3.63, 3.8) is 0 Å². The number of benzene rings is 2. The molecule has 3 aromatic rings. The molecule has 0 unspecified atom stereocenters. The zero-order valence-electron chi connectivity index (χ0n) is 13.9. The van der Waals surface area contributed by atoms with Crippen molar-refractivity contribution in [1.82, 2.24) is 4.98 Å². The molecule has 1 aliphatic heterocycles. The molecular weight excluding hydrogens is 395 g/mol. The monoisotopic (exact) mass is 406 g/mol. The van der Waals surface area contributed by atoms with Gasteiger partial charge in [-0.15, -0.1) is 0 Å². The molecular formula is C19H12Cl2F2N3O+. The van der Waals surface area contributed by atoms with Gasteiger partial charge in [-0.1, -0.05) is 28.2 Å². The quantitative estimate of drug-likeness (QED) is 0.602. The molecule has 27 heavy (non-hydrogen) atoms. The van der Waals surface area contributed by atoms with Crippen LogP contribution in [0.15, 0.2) is 47.7 Å². The summed E-state index contributed by atoms with van der Waals surface area (Å²) in [6, 6.07) is 6.38. The van der Waals surface area contributed by atoms with Crippen LogP contribution in [0.5, 0.6) is 5.75 Å². The first kappa shape index (κ1) is 17.8. The highest BCUT2D eigenvalue weighted by Gasteiger charge is 2.33. The van der Waals surface area contributed by atoms with Gasteiger partial charge in [0.05, 0.1) is 26.9 Å². The van der Waals surface area contributed by atoms with E-state index in [2.05, 4.69) is 9.98 Å². The fraction of sp³-hybridized carbons (Fsp3) is 0.105. The Balaban J connectivity index is 2.15. The minimum absolute atomic E-state index is 0.0404. The van der Waals surface area contributed by atoms with E-state index in [0.29, 0.717) is 11.5 Å². The van der Waals surface area contributed by atoms with Crippen LogP contribution in [-0.4, -0.2) is 15.8 Å². The number of aliphatic imine (C=N–C) groups is 1. The van der Waals surface area contributed by atoms with E-state index in [1.54, 1.807) is 42.1 Å². The van der Waals surface area contributed by atoms with Crippen LogP contribution >= 0.6 is 23.2 Å². The number of phenols is 1. The molecule has 0 radical (unpaired) electrons. The summed E-state index contributed by atoms with van der Waals surface area (Å²) in [4.78, 5) is 8.84. The highest BCUT2D eigenvalue weighted by molar-refractivity contribution is 6.45. The van der Waals surface area contributed by atoms with Gasteiger partial charge in [0.2, 0.25) is 0 Å². The summed E-state index contributed by atoms with van der Waals surface area (Å²) in [6.07, 6.45) is 3.37. The van der Waals surface area contributed by atoms with E-state index in [9.17, 15) is 13.9 Å². The van der Waals surface area contributed by atoms with Crippen molar-refractivity contribution in [2.75, 3.05) is 0 Å². The average Bonchev–Trinajstić information content (AvgIpc) is 2.78. The predicted octanol–water partition coefficient (Wildman–Crippen LogP) is 4.56. The third-order valence-corrected chi connectivity index (χ3v) is 5.15. The number of aromatic hydroxyl groups is 1. The van der Waals surface area contributed by atoms with Gasteiger partial charge in [0.15, 0.2) is 17.6 Å². The van der Waals surface area contributed by atoms with Crippen molar-refractivity contribution in [2.45, 2.75) is 13.0 Å². The normalized spacial score (nSPS) is 15.6. The van der Waals surface area contributed by atoms with Gasteiger partial charge in [-0.3, -0.25) is 4.99 Å². The number of nitrogens with zero attached hydrogens (tertiary/aromatic N) is 3.